The van der Waals surface area contributed by atoms with Crippen molar-refractivity contribution in [2.45, 2.75) is 25.8 Å². The number of nitrogens with zero attached hydrogens (tertiary/aromatic N) is 1. The maximum Gasteiger partial charge on any atom is 0.317 e. The van der Waals surface area contributed by atoms with E-state index in [1.165, 1.54) is 0 Å². The number of carbonyl (C=O) groups is 1. The van der Waals surface area contributed by atoms with Gasteiger partial charge in [0.2, 0.25) is 0 Å². The molecule has 0 unspecified atom stereocenters. The lowest BCUT2D eigenvalue weighted by Gasteiger charge is -2.20. The first-order chi connectivity index (χ1) is 9.70. The average Bonchev–Trinajstić information content (AvgIpc) is 3.24. The van der Waals surface area contributed by atoms with Crippen molar-refractivity contribution in [2.75, 3.05) is 26.3 Å². The highest BCUT2D eigenvalue weighted by molar-refractivity contribution is 5.69. The summed E-state index contributed by atoms with van der Waals surface area (Å²) in [5.41, 5.74) is 0. The lowest BCUT2D eigenvalue weighted by Crippen LogP contribution is -2.35. The highest BCUT2D eigenvalue weighted by atomic mass is 16.5. The van der Waals surface area contributed by atoms with E-state index in [0.29, 0.717) is 31.5 Å². The lowest BCUT2D eigenvalue weighted by molar-refractivity contribution is -0.138. The van der Waals surface area contributed by atoms with Gasteiger partial charge in [-0.15, -0.1) is 0 Å². The molecule has 0 spiro atoms. The van der Waals surface area contributed by atoms with Crippen LogP contribution in [0.3, 0.4) is 0 Å². The van der Waals surface area contributed by atoms with E-state index in [1.54, 1.807) is 0 Å². The van der Waals surface area contributed by atoms with Gasteiger partial charge in [-0.2, -0.15) is 0 Å². The lowest BCUT2D eigenvalue weighted by atomic mass is 10.3. The number of aliphatic carboxylic acids is 1. The van der Waals surface area contributed by atoms with Gasteiger partial charge in [0.1, 0.15) is 6.61 Å². The Morgan fingerprint density at radius 1 is 1.30 bits per heavy atom. The first-order valence-electron chi connectivity index (χ1n) is 7.01. The van der Waals surface area contributed by atoms with Gasteiger partial charge in [-0.25, -0.2) is 0 Å². The molecule has 0 amide bonds. The molecule has 1 N–H and O–H groups in total. The Hall–Kier alpha value is -1.75. The predicted octanol–water partition coefficient (Wildman–Crippen LogP) is 2.01. The summed E-state index contributed by atoms with van der Waals surface area (Å²) in [5.74, 6) is 0.651. The molecule has 1 fully saturated rings. The summed E-state index contributed by atoms with van der Waals surface area (Å²) in [5, 5.41) is 8.89. The van der Waals surface area contributed by atoms with Crippen LogP contribution in [-0.2, 0) is 4.79 Å². The van der Waals surface area contributed by atoms with Gasteiger partial charge in [-0.3, -0.25) is 9.69 Å². The molecule has 2 rings (SSSR count). The van der Waals surface area contributed by atoms with E-state index in [4.69, 9.17) is 14.6 Å². The molecule has 0 aliphatic heterocycles. The molecule has 1 aliphatic rings. The SMILES string of the molecule is CCOc1ccccc1OCCN(CC(=O)O)C1CC1. The zero-order valence-corrected chi connectivity index (χ0v) is 11.7. The summed E-state index contributed by atoms with van der Waals surface area (Å²) in [4.78, 5) is 12.8. The third-order valence-corrected chi connectivity index (χ3v) is 3.19. The molecule has 1 aliphatic carbocycles. The van der Waals surface area contributed by atoms with Gasteiger partial charge in [0.15, 0.2) is 11.5 Å². The van der Waals surface area contributed by atoms with Crippen LogP contribution < -0.4 is 9.47 Å². The van der Waals surface area contributed by atoms with Crippen molar-refractivity contribution in [1.82, 2.24) is 4.90 Å². The largest absolute Gasteiger partial charge is 0.490 e. The van der Waals surface area contributed by atoms with Crippen LogP contribution in [0.1, 0.15) is 19.8 Å². The van der Waals surface area contributed by atoms with Crippen LogP contribution in [-0.4, -0.2) is 48.3 Å². The molecule has 5 nitrogen and oxygen atoms in total. The predicted molar refractivity (Wildman–Crippen MR) is 75.3 cm³/mol. The van der Waals surface area contributed by atoms with Gasteiger partial charge in [-0.1, -0.05) is 12.1 Å². The van der Waals surface area contributed by atoms with Gasteiger partial charge in [0.05, 0.1) is 13.2 Å². The second kappa shape index (κ2) is 7.14. The van der Waals surface area contributed by atoms with Crippen LogP contribution in [0.4, 0.5) is 0 Å². The Morgan fingerprint density at radius 2 is 1.95 bits per heavy atom. The van der Waals surface area contributed by atoms with Crippen molar-refractivity contribution in [1.29, 1.82) is 0 Å². The first kappa shape index (κ1) is 14.7. The molecule has 1 saturated carbocycles. The van der Waals surface area contributed by atoms with E-state index in [-0.39, 0.29) is 6.54 Å². The zero-order valence-electron chi connectivity index (χ0n) is 11.7. The number of rotatable bonds is 9. The van der Waals surface area contributed by atoms with Crippen molar-refractivity contribution in [3.8, 4) is 11.5 Å². The van der Waals surface area contributed by atoms with E-state index >= 15 is 0 Å². The molecule has 0 aromatic heterocycles. The Bertz CT molecular complexity index is 445. The molecule has 20 heavy (non-hydrogen) atoms. The van der Waals surface area contributed by atoms with Crippen LogP contribution in [0.2, 0.25) is 0 Å². The first-order valence-corrected chi connectivity index (χ1v) is 7.01. The van der Waals surface area contributed by atoms with Gasteiger partial charge >= 0.3 is 5.97 Å². The fraction of sp³-hybridized carbons (Fsp3) is 0.533. The number of benzene rings is 1. The maximum absolute atomic E-state index is 10.8. The van der Waals surface area contributed by atoms with E-state index in [2.05, 4.69) is 0 Å². The van der Waals surface area contributed by atoms with Crippen LogP contribution in [0.5, 0.6) is 11.5 Å². The molecule has 5 heteroatoms. The molecule has 1 aromatic rings. The molecule has 0 atom stereocenters. The highest BCUT2D eigenvalue weighted by Crippen LogP contribution is 2.28. The molecule has 110 valence electrons. The summed E-state index contributed by atoms with van der Waals surface area (Å²) in [7, 11) is 0. The Balaban J connectivity index is 1.83. The molecular formula is C15H21NO4. The zero-order chi connectivity index (χ0) is 14.4. The standard InChI is InChI=1S/C15H21NO4/c1-2-19-13-5-3-4-6-14(13)20-10-9-16(11-15(17)18)12-7-8-12/h3-6,12H,2,7-11H2,1H3,(H,17,18). The van der Waals surface area contributed by atoms with Gasteiger partial charge in [-0.05, 0) is 31.9 Å². The van der Waals surface area contributed by atoms with Gasteiger partial charge in [0.25, 0.3) is 0 Å². The smallest absolute Gasteiger partial charge is 0.317 e. The van der Waals surface area contributed by atoms with Gasteiger partial charge in [0, 0.05) is 12.6 Å². The molecule has 0 radical (unpaired) electrons. The topological polar surface area (TPSA) is 59.0 Å². The minimum absolute atomic E-state index is 0.0845. The number of hydrogen-bond acceptors (Lipinski definition) is 4. The van der Waals surface area contributed by atoms with E-state index in [9.17, 15) is 4.79 Å². The number of carboxylic acid groups (broad SMARTS) is 1. The maximum atomic E-state index is 10.8. The van der Waals surface area contributed by atoms with Crippen molar-refractivity contribution in [3.63, 3.8) is 0 Å². The van der Waals surface area contributed by atoms with Crippen molar-refractivity contribution in [2.24, 2.45) is 0 Å². The Labute approximate surface area is 119 Å². The summed E-state index contributed by atoms with van der Waals surface area (Å²) in [6.07, 6.45) is 2.17. The van der Waals surface area contributed by atoms with Gasteiger partial charge < -0.3 is 14.6 Å². The summed E-state index contributed by atoms with van der Waals surface area (Å²) < 4.78 is 11.2. The Kier molecular flexibility index (Phi) is 5.24. The van der Waals surface area contributed by atoms with Crippen LogP contribution in [0.25, 0.3) is 0 Å². The number of para-hydroxylation sites is 2. The number of carboxylic acids is 1. The van der Waals surface area contributed by atoms with Crippen molar-refractivity contribution in [3.05, 3.63) is 24.3 Å². The molecular weight excluding hydrogens is 258 g/mol. The molecule has 1 aromatic carbocycles. The van der Waals surface area contributed by atoms with E-state index < -0.39 is 5.97 Å². The molecule has 0 bridgehead atoms. The normalized spacial score (nSPS) is 14.3. The highest BCUT2D eigenvalue weighted by Gasteiger charge is 2.29. The number of ether oxygens (including phenoxy) is 2. The summed E-state index contributed by atoms with van der Waals surface area (Å²) in [6, 6.07) is 7.95. The average molecular weight is 279 g/mol. The van der Waals surface area contributed by atoms with E-state index in [1.807, 2.05) is 36.1 Å². The van der Waals surface area contributed by atoms with Crippen molar-refractivity contribution < 1.29 is 19.4 Å². The summed E-state index contributed by atoms with van der Waals surface area (Å²) >= 11 is 0. The summed E-state index contributed by atoms with van der Waals surface area (Å²) in [6.45, 7) is 3.69. The number of hydrogen-bond donors (Lipinski definition) is 1. The molecule has 0 saturated heterocycles. The second-order valence-corrected chi connectivity index (χ2v) is 4.82. The fourth-order valence-electron chi connectivity index (χ4n) is 2.12. The third-order valence-electron chi connectivity index (χ3n) is 3.19. The quantitative estimate of drug-likeness (QED) is 0.749. The minimum Gasteiger partial charge on any atom is -0.490 e. The molecule has 0 heterocycles. The third kappa shape index (κ3) is 4.42. The van der Waals surface area contributed by atoms with Crippen LogP contribution in [0, 0.1) is 0 Å². The monoisotopic (exact) mass is 279 g/mol. The fourth-order valence-corrected chi connectivity index (χ4v) is 2.12. The van der Waals surface area contributed by atoms with Crippen LogP contribution >= 0.6 is 0 Å². The minimum atomic E-state index is -0.786. The van der Waals surface area contributed by atoms with Crippen LogP contribution in [0.15, 0.2) is 24.3 Å². The Morgan fingerprint density at radius 3 is 2.50 bits per heavy atom. The second-order valence-electron chi connectivity index (χ2n) is 4.82. The van der Waals surface area contributed by atoms with E-state index in [0.717, 1.165) is 18.6 Å². The van der Waals surface area contributed by atoms with Crippen molar-refractivity contribution >= 4 is 5.97 Å².